The van der Waals surface area contributed by atoms with Gasteiger partial charge in [0.25, 0.3) is 0 Å². The van der Waals surface area contributed by atoms with Crippen molar-refractivity contribution in [2.45, 2.75) is 76.8 Å². The Morgan fingerprint density at radius 2 is 1.69 bits per heavy atom. The Morgan fingerprint density at radius 1 is 1.08 bits per heavy atom. The lowest BCUT2D eigenvalue weighted by atomic mass is 9.92. The molecule has 202 valence electrons. The third-order valence-electron chi connectivity index (χ3n) is 4.96. The van der Waals surface area contributed by atoms with Gasteiger partial charge in [-0.1, -0.05) is 13.8 Å². The number of rotatable bonds is 13. The van der Waals surface area contributed by atoms with Gasteiger partial charge in [-0.3, -0.25) is 24.4 Å². The van der Waals surface area contributed by atoms with Crippen LogP contribution < -0.4 is 10.6 Å². The number of phenols is 1. The van der Waals surface area contributed by atoms with Crippen LogP contribution in [0.4, 0.5) is 0 Å². The van der Waals surface area contributed by atoms with Gasteiger partial charge in [-0.2, -0.15) is 0 Å². The molecule has 11 heteroatoms. The summed E-state index contributed by atoms with van der Waals surface area (Å²) in [5, 5.41) is 25.3. The van der Waals surface area contributed by atoms with E-state index in [-0.39, 0.29) is 36.8 Å². The van der Waals surface area contributed by atoms with E-state index in [1.807, 2.05) is 13.8 Å². The summed E-state index contributed by atoms with van der Waals surface area (Å²) in [5.74, 6) is -2.73. The van der Waals surface area contributed by atoms with Crippen LogP contribution in [-0.2, 0) is 23.9 Å². The van der Waals surface area contributed by atoms with E-state index >= 15 is 0 Å². The maximum absolute atomic E-state index is 13.1. The predicted molar refractivity (Wildman–Crippen MR) is 136 cm³/mol. The van der Waals surface area contributed by atoms with Crippen LogP contribution in [0.2, 0.25) is 0 Å². The van der Waals surface area contributed by atoms with Gasteiger partial charge in [-0.05, 0) is 63.8 Å². The number of ether oxygens (including phenoxy) is 1. The predicted octanol–water partition coefficient (Wildman–Crippen LogP) is 3.06. The number of phenolic OH excluding ortho intramolecular Hbond substituents is 1. The highest BCUT2D eigenvalue weighted by molar-refractivity contribution is 7.99. The third-order valence-corrected chi connectivity index (χ3v) is 5.94. The molecule has 0 fully saturated rings. The Kier molecular flexibility index (Phi) is 12.8. The number of hydroxylamine groups is 2. The number of thioether (sulfide) groups is 1. The van der Waals surface area contributed by atoms with Crippen molar-refractivity contribution in [2.75, 3.05) is 12.9 Å². The molecule has 0 heterocycles. The highest BCUT2D eigenvalue weighted by Gasteiger charge is 2.29. The lowest BCUT2D eigenvalue weighted by Gasteiger charge is -2.24. The van der Waals surface area contributed by atoms with Crippen molar-refractivity contribution in [1.29, 1.82) is 0 Å². The summed E-state index contributed by atoms with van der Waals surface area (Å²) in [7, 11) is 1.43. The van der Waals surface area contributed by atoms with E-state index < -0.39 is 41.3 Å². The molecule has 0 unspecified atom stereocenters. The molecule has 1 rings (SSSR count). The van der Waals surface area contributed by atoms with Crippen LogP contribution >= 0.6 is 11.8 Å². The molecule has 0 spiro atoms. The van der Waals surface area contributed by atoms with E-state index in [0.717, 1.165) is 4.90 Å². The van der Waals surface area contributed by atoms with E-state index in [1.54, 1.807) is 32.9 Å². The number of likely N-dealkylation sites (N-methyl/N-ethyl adjacent to an activating group) is 1. The molecule has 2 atom stereocenters. The van der Waals surface area contributed by atoms with E-state index in [1.165, 1.54) is 30.9 Å². The number of nitrogens with zero attached hydrogens (tertiary/aromatic N) is 1. The molecule has 0 bridgehead atoms. The van der Waals surface area contributed by atoms with E-state index in [2.05, 4.69) is 10.6 Å². The fraction of sp³-hybridized carbons (Fsp3) is 0.600. The number of benzene rings is 1. The minimum Gasteiger partial charge on any atom is -0.508 e. The Morgan fingerprint density at radius 3 is 2.22 bits per heavy atom. The second kappa shape index (κ2) is 14.7. The van der Waals surface area contributed by atoms with Crippen molar-refractivity contribution in [3.63, 3.8) is 0 Å². The van der Waals surface area contributed by atoms with Crippen LogP contribution in [0.5, 0.6) is 5.75 Å². The SMILES string of the molecule is CNC(=O)[C@H](CCC(=O)OC(C)(C)C)NC(=O)[C@@H](CC(=O)N(O)CSc1ccc(O)cc1)CC(C)C. The molecular formula is C25H39N3O7S. The Labute approximate surface area is 217 Å². The fourth-order valence-electron chi connectivity index (χ4n) is 3.31. The average molecular weight is 526 g/mol. The van der Waals surface area contributed by atoms with Crippen LogP contribution in [0.15, 0.2) is 29.2 Å². The molecule has 10 nitrogen and oxygen atoms in total. The third kappa shape index (κ3) is 12.3. The monoisotopic (exact) mass is 525 g/mol. The molecule has 0 aliphatic rings. The van der Waals surface area contributed by atoms with Gasteiger partial charge >= 0.3 is 5.97 Å². The minimum atomic E-state index is -0.977. The molecular weight excluding hydrogens is 486 g/mol. The largest absolute Gasteiger partial charge is 0.508 e. The summed E-state index contributed by atoms with van der Waals surface area (Å²) in [6.45, 7) is 9.03. The number of aromatic hydroxyl groups is 1. The standard InChI is InChI=1S/C25H39N3O7S/c1-16(2)13-17(14-21(30)28(34)15-36-19-9-7-18(29)8-10-19)23(32)27-20(24(33)26-6)11-12-22(31)35-25(3,4)5/h7-10,16-17,20,29,34H,11-15H2,1-6H3,(H,26,33)(H,27,32)/t17-,20+/m1/s1. The molecule has 0 aliphatic heterocycles. The van der Waals surface area contributed by atoms with Crippen molar-refractivity contribution in [1.82, 2.24) is 15.7 Å². The molecule has 4 N–H and O–H groups in total. The lowest BCUT2D eigenvalue weighted by molar-refractivity contribution is -0.163. The molecule has 0 radical (unpaired) electrons. The lowest BCUT2D eigenvalue weighted by Crippen LogP contribution is -2.48. The number of carbonyl (C=O) groups is 4. The molecule has 0 saturated carbocycles. The van der Waals surface area contributed by atoms with Crippen LogP contribution in [-0.4, -0.2) is 63.6 Å². The van der Waals surface area contributed by atoms with Crippen LogP contribution in [0, 0.1) is 11.8 Å². The summed E-state index contributed by atoms with van der Waals surface area (Å²) >= 11 is 1.19. The quantitative estimate of drug-likeness (QED) is 0.101. The molecule has 36 heavy (non-hydrogen) atoms. The van der Waals surface area contributed by atoms with Crippen LogP contribution in [0.3, 0.4) is 0 Å². The molecule has 0 saturated heterocycles. The average Bonchev–Trinajstić information content (AvgIpc) is 2.78. The van der Waals surface area contributed by atoms with Gasteiger partial charge in [-0.15, -0.1) is 11.8 Å². The second-order valence-corrected chi connectivity index (χ2v) is 10.9. The maximum Gasteiger partial charge on any atom is 0.306 e. The van der Waals surface area contributed by atoms with Gasteiger partial charge in [0.05, 0.1) is 5.88 Å². The minimum absolute atomic E-state index is 0.0397. The van der Waals surface area contributed by atoms with Crippen LogP contribution in [0.25, 0.3) is 0 Å². The number of nitrogens with one attached hydrogen (secondary N) is 2. The number of carbonyl (C=O) groups excluding carboxylic acids is 4. The summed E-state index contributed by atoms with van der Waals surface area (Å²) in [4.78, 5) is 50.9. The first-order chi connectivity index (χ1) is 16.7. The molecule has 3 amide bonds. The van der Waals surface area contributed by atoms with Crippen molar-refractivity contribution in [2.24, 2.45) is 11.8 Å². The van der Waals surface area contributed by atoms with Crippen molar-refractivity contribution in [3.05, 3.63) is 24.3 Å². The molecule has 1 aromatic carbocycles. The van der Waals surface area contributed by atoms with Gasteiger partial charge in [0.15, 0.2) is 0 Å². The highest BCUT2D eigenvalue weighted by atomic mass is 32.2. The van der Waals surface area contributed by atoms with Crippen LogP contribution in [0.1, 0.15) is 60.3 Å². The number of amides is 3. The zero-order valence-corrected chi connectivity index (χ0v) is 22.7. The van der Waals surface area contributed by atoms with Crippen molar-refractivity contribution in [3.8, 4) is 5.75 Å². The normalized spacial score (nSPS) is 13.0. The van der Waals surface area contributed by atoms with Gasteiger partial charge in [-0.25, -0.2) is 5.06 Å². The summed E-state index contributed by atoms with van der Waals surface area (Å²) in [6, 6.07) is 5.34. The first kappa shape index (κ1) is 31.2. The summed E-state index contributed by atoms with van der Waals surface area (Å²) in [5.41, 5.74) is -0.664. The topological polar surface area (TPSA) is 145 Å². The second-order valence-electron chi connectivity index (χ2n) is 9.89. The van der Waals surface area contributed by atoms with Gasteiger partial charge in [0.1, 0.15) is 17.4 Å². The maximum atomic E-state index is 13.1. The Balaban J connectivity index is 2.79. The van der Waals surface area contributed by atoms with Gasteiger partial charge in [0, 0.05) is 30.7 Å². The zero-order valence-electron chi connectivity index (χ0n) is 21.9. The van der Waals surface area contributed by atoms with Gasteiger partial charge < -0.3 is 20.5 Å². The zero-order chi connectivity index (χ0) is 27.5. The van der Waals surface area contributed by atoms with E-state index in [9.17, 15) is 29.5 Å². The van der Waals surface area contributed by atoms with E-state index in [0.29, 0.717) is 11.5 Å². The first-order valence-electron chi connectivity index (χ1n) is 11.9. The number of esters is 1. The summed E-state index contributed by atoms with van der Waals surface area (Å²) in [6.07, 6.45) is 0.0899. The molecule has 0 aromatic heterocycles. The highest BCUT2D eigenvalue weighted by Crippen LogP contribution is 2.23. The van der Waals surface area contributed by atoms with Crippen molar-refractivity contribution < 1.29 is 34.2 Å². The number of hydrogen-bond donors (Lipinski definition) is 4. The smallest absolute Gasteiger partial charge is 0.306 e. The first-order valence-corrected chi connectivity index (χ1v) is 12.8. The van der Waals surface area contributed by atoms with Gasteiger partial charge in [0.2, 0.25) is 17.7 Å². The molecule has 0 aliphatic carbocycles. The fourth-order valence-corrected chi connectivity index (χ4v) is 4.05. The van der Waals surface area contributed by atoms with E-state index in [4.69, 9.17) is 4.74 Å². The Hall–Kier alpha value is -2.79. The summed E-state index contributed by atoms with van der Waals surface area (Å²) < 4.78 is 5.27. The van der Waals surface area contributed by atoms with Crippen molar-refractivity contribution >= 4 is 35.5 Å². The Bertz CT molecular complexity index is 885. The number of hydrogen-bond acceptors (Lipinski definition) is 8. The molecule has 1 aromatic rings.